The predicted molar refractivity (Wildman–Crippen MR) is 143 cm³/mol. The second kappa shape index (κ2) is 12.4. The summed E-state index contributed by atoms with van der Waals surface area (Å²) in [6.07, 6.45) is 1.42. The van der Waals surface area contributed by atoms with Gasteiger partial charge >= 0.3 is 6.03 Å². The smallest absolute Gasteiger partial charge is 0.329 e. The molecule has 0 spiro atoms. The Morgan fingerprint density at radius 3 is 2.35 bits per heavy atom. The van der Waals surface area contributed by atoms with Crippen LogP contribution in [0.5, 0.6) is 17.2 Å². The molecule has 0 unspecified atom stereocenters. The van der Waals surface area contributed by atoms with E-state index in [0.717, 1.165) is 4.90 Å². The summed E-state index contributed by atoms with van der Waals surface area (Å²) < 4.78 is 29.1. The molecule has 1 fully saturated rings. The second-order valence-electron chi connectivity index (χ2n) is 8.38. The number of anilines is 2. The lowest BCUT2D eigenvalue weighted by atomic mass is 10.1. The van der Waals surface area contributed by atoms with E-state index in [9.17, 15) is 23.6 Å². The molecule has 3 N–H and O–H groups in total. The van der Waals surface area contributed by atoms with Crippen molar-refractivity contribution in [2.24, 2.45) is 0 Å². The summed E-state index contributed by atoms with van der Waals surface area (Å²) in [5, 5.41) is 7.66. The first-order valence-electron chi connectivity index (χ1n) is 11.9. The first-order valence-corrected chi connectivity index (χ1v) is 11.9. The number of carbonyl (C=O) groups excluding carboxylic acids is 4. The Hall–Kier alpha value is -5.39. The monoisotopic (exact) mass is 548 g/mol. The molecule has 4 rings (SSSR count). The van der Waals surface area contributed by atoms with Crippen LogP contribution in [0.3, 0.4) is 0 Å². The molecule has 1 aliphatic rings. The standard InChI is InChI=1S/C28H25FN4O7/c1-38-22-6-4-3-5-20(22)31-25(34)15-33-27(36)21(32-28(33)37)13-17-7-12-23(24(14-17)39-2)40-16-26(35)30-19-10-8-18(29)9-11-19/h3-14H,15-16H2,1-2H3,(H,30,35)(H,31,34)(H,32,37)/b21-13+. The van der Waals surface area contributed by atoms with E-state index in [0.29, 0.717) is 22.7 Å². The molecular weight excluding hydrogens is 523 g/mol. The van der Waals surface area contributed by atoms with E-state index < -0.39 is 36.1 Å². The molecule has 0 bridgehead atoms. The van der Waals surface area contributed by atoms with Crippen molar-refractivity contribution in [3.63, 3.8) is 0 Å². The van der Waals surface area contributed by atoms with Crippen LogP contribution in [-0.2, 0) is 14.4 Å². The Kier molecular flexibility index (Phi) is 8.59. The van der Waals surface area contributed by atoms with Gasteiger partial charge in [0, 0.05) is 5.69 Å². The number of nitrogens with zero attached hydrogens (tertiary/aromatic N) is 1. The molecular formula is C28H25FN4O7. The third kappa shape index (κ3) is 6.72. The number of hydrogen-bond donors (Lipinski definition) is 3. The number of imide groups is 1. The summed E-state index contributed by atoms with van der Waals surface area (Å²) in [4.78, 5) is 50.7. The van der Waals surface area contributed by atoms with Gasteiger partial charge in [0.15, 0.2) is 18.1 Å². The van der Waals surface area contributed by atoms with Gasteiger partial charge in [-0.15, -0.1) is 0 Å². The van der Waals surface area contributed by atoms with E-state index in [1.54, 1.807) is 36.4 Å². The molecule has 5 amide bonds. The lowest BCUT2D eigenvalue weighted by Gasteiger charge is -2.13. The number of methoxy groups -OCH3 is 2. The number of rotatable bonds is 10. The molecule has 206 valence electrons. The van der Waals surface area contributed by atoms with E-state index >= 15 is 0 Å². The zero-order valence-electron chi connectivity index (χ0n) is 21.5. The van der Waals surface area contributed by atoms with Crippen LogP contribution in [0.15, 0.2) is 72.4 Å². The molecule has 0 radical (unpaired) electrons. The summed E-state index contributed by atoms with van der Waals surface area (Å²) in [7, 11) is 2.86. The maximum Gasteiger partial charge on any atom is 0.329 e. The van der Waals surface area contributed by atoms with Crippen LogP contribution in [0, 0.1) is 5.82 Å². The number of urea groups is 1. The number of carbonyl (C=O) groups is 4. The fourth-order valence-electron chi connectivity index (χ4n) is 3.73. The SMILES string of the molecule is COc1ccccc1NC(=O)CN1C(=O)N/C(=C/c2ccc(OCC(=O)Nc3ccc(F)cc3)c(OC)c2)C1=O. The highest BCUT2D eigenvalue weighted by atomic mass is 19.1. The van der Waals surface area contributed by atoms with Crippen LogP contribution in [0.25, 0.3) is 6.08 Å². The lowest BCUT2D eigenvalue weighted by molar-refractivity contribution is -0.127. The minimum Gasteiger partial charge on any atom is -0.495 e. The molecule has 3 aromatic carbocycles. The zero-order valence-corrected chi connectivity index (χ0v) is 21.5. The Morgan fingerprint density at radius 2 is 1.62 bits per heavy atom. The maximum atomic E-state index is 13.0. The number of nitrogens with one attached hydrogen (secondary N) is 3. The van der Waals surface area contributed by atoms with Crippen molar-refractivity contribution >= 4 is 41.2 Å². The van der Waals surface area contributed by atoms with Gasteiger partial charge < -0.3 is 30.2 Å². The average molecular weight is 549 g/mol. The highest BCUT2D eigenvalue weighted by Gasteiger charge is 2.35. The van der Waals surface area contributed by atoms with Gasteiger partial charge in [-0.2, -0.15) is 0 Å². The zero-order chi connectivity index (χ0) is 28.6. The molecule has 11 nitrogen and oxygen atoms in total. The Balaban J connectivity index is 1.38. The van der Waals surface area contributed by atoms with Crippen molar-refractivity contribution in [2.75, 3.05) is 38.0 Å². The quantitative estimate of drug-likeness (QED) is 0.261. The van der Waals surface area contributed by atoms with Crippen molar-refractivity contribution in [3.8, 4) is 17.2 Å². The Bertz CT molecular complexity index is 1470. The number of amides is 5. The highest BCUT2D eigenvalue weighted by Crippen LogP contribution is 2.29. The molecule has 0 saturated carbocycles. The van der Waals surface area contributed by atoms with E-state index in [2.05, 4.69) is 16.0 Å². The minimum absolute atomic E-state index is 0.0375. The Labute approximate surface area is 228 Å². The fraction of sp³-hybridized carbons (Fsp3) is 0.143. The average Bonchev–Trinajstić information content (AvgIpc) is 3.20. The molecule has 0 aromatic heterocycles. The molecule has 12 heteroatoms. The molecule has 0 aliphatic carbocycles. The van der Waals surface area contributed by atoms with Gasteiger partial charge in [-0.05, 0) is 60.2 Å². The minimum atomic E-state index is -0.745. The summed E-state index contributed by atoms with van der Waals surface area (Å²) in [6.45, 7) is -0.843. The maximum absolute atomic E-state index is 13.0. The van der Waals surface area contributed by atoms with Gasteiger partial charge in [-0.25, -0.2) is 14.1 Å². The first-order chi connectivity index (χ1) is 19.3. The lowest BCUT2D eigenvalue weighted by Crippen LogP contribution is -2.38. The third-order valence-corrected chi connectivity index (χ3v) is 5.63. The van der Waals surface area contributed by atoms with Crippen molar-refractivity contribution in [1.29, 1.82) is 0 Å². The van der Waals surface area contributed by atoms with E-state index in [1.165, 1.54) is 50.6 Å². The van der Waals surface area contributed by atoms with Gasteiger partial charge in [0.25, 0.3) is 11.8 Å². The van der Waals surface area contributed by atoms with Crippen LogP contribution >= 0.6 is 0 Å². The number of benzene rings is 3. The van der Waals surface area contributed by atoms with Gasteiger partial charge in [0.05, 0.1) is 19.9 Å². The van der Waals surface area contributed by atoms with Crippen LogP contribution in [0.4, 0.5) is 20.6 Å². The van der Waals surface area contributed by atoms with Crippen molar-refractivity contribution in [3.05, 3.63) is 83.8 Å². The molecule has 0 atom stereocenters. The number of hydrogen-bond acceptors (Lipinski definition) is 7. The topological polar surface area (TPSA) is 135 Å². The number of ether oxygens (including phenoxy) is 3. The number of para-hydroxylation sites is 2. The van der Waals surface area contributed by atoms with Gasteiger partial charge in [-0.1, -0.05) is 18.2 Å². The van der Waals surface area contributed by atoms with E-state index in [-0.39, 0.29) is 23.8 Å². The van der Waals surface area contributed by atoms with Crippen LogP contribution in [0.2, 0.25) is 0 Å². The summed E-state index contributed by atoms with van der Waals surface area (Å²) in [6, 6.07) is 16.0. The summed E-state index contributed by atoms with van der Waals surface area (Å²) in [5.41, 5.74) is 1.27. The fourth-order valence-corrected chi connectivity index (χ4v) is 3.73. The van der Waals surface area contributed by atoms with Crippen molar-refractivity contribution in [2.45, 2.75) is 0 Å². The Morgan fingerprint density at radius 1 is 0.900 bits per heavy atom. The molecule has 1 saturated heterocycles. The molecule has 40 heavy (non-hydrogen) atoms. The van der Waals surface area contributed by atoms with Crippen molar-refractivity contribution in [1.82, 2.24) is 10.2 Å². The molecule has 3 aromatic rings. The first kappa shape index (κ1) is 27.6. The highest BCUT2D eigenvalue weighted by molar-refractivity contribution is 6.16. The van der Waals surface area contributed by atoms with Crippen LogP contribution in [-0.4, -0.2) is 56.0 Å². The van der Waals surface area contributed by atoms with E-state index in [4.69, 9.17) is 14.2 Å². The van der Waals surface area contributed by atoms with E-state index in [1.807, 2.05) is 0 Å². The second-order valence-corrected chi connectivity index (χ2v) is 8.38. The van der Waals surface area contributed by atoms with Crippen molar-refractivity contribution < 1.29 is 37.8 Å². The predicted octanol–water partition coefficient (Wildman–Crippen LogP) is 3.39. The molecule has 1 aliphatic heterocycles. The van der Waals surface area contributed by atoms with Gasteiger partial charge in [0.2, 0.25) is 5.91 Å². The van der Waals surface area contributed by atoms with Gasteiger partial charge in [-0.3, -0.25) is 14.4 Å². The summed E-state index contributed by atoms with van der Waals surface area (Å²) in [5.74, 6) is -1.19. The largest absolute Gasteiger partial charge is 0.495 e. The van der Waals surface area contributed by atoms with Crippen LogP contribution in [0.1, 0.15) is 5.56 Å². The third-order valence-electron chi connectivity index (χ3n) is 5.63. The normalized spacial score (nSPS) is 13.6. The van der Waals surface area contributed by atoms with Crippen LogP contribution < -0.4 is 30.2 Å². The summed E-state index contributed by atoms with van der Waals surface area (Å²) >= 11 is 0. The number of halogens is 1. The van der Waals surface area contributed by atoms with Gasteiger partial charge in [0.1, 0.15) is 23.8 Å². The molecule has 1 heterocycles.